The molecule has 0 saturated carbocycles. The molecule has 0 aromatic carbocycles. The van der Waals surface area contributed by atoms with Gasteiger partial charge in [-0.3, -0.25) is 9.59 Å². The summed E-state index contributed by atoms with van der Waals surface area (Å²) in [5.74, 6) is 0.663. The number of hydrogen-bond acceptors (Lipinski definition) is 8. The second-order valence-corrected chi connectivity index (χ2v) is 11.0. The SMILES string of the molecule is CC[C@H](CCC(=O)c1cc(-c2cnn3ccc(-c4cccs4)nc23)nc(N2CC[C@H]2C(=O)NC)c1)N(CC)CC. The van der Waals surface area contributed by atoms with Gasteiger partial charge in [-0.2, -0.15) is 5.10 Å². The van der Waals surface area contributed by atoms with Crippen molar-refractivity contribution in [2.24, 2.45) is 0 Å². The zero-order valence-corrected chi connectivity index (χ0v) is 24.4. The maximum atomic E-state index is 13.6. The summed E-state index contributed by atoms with van der Waals surface area (Å²) in [6, 6.07) is 9.76. The van der Waals surface area contributed by atoms with E-state index in [4.69, 9.17) is 9.97 Å². The molecule has 40 heavy (non-hydrogen) atoms. The lowest BCUT2D eigenvalue weighted by molar-refractivity contribution is -0.123. The van der Waals surface area contributed by atoms with Crippen LogP contribution in [0.15, 0.2) is 48.1 Å². The van der Waals surface area contributed by atoms with E-state index in [0.717, 1.165) is 48.5 Å². The van der Waals surface area contributed by atoms with Gasteiger partial charge in [0.25, 0.3) is 0 Å². The number of ketones is 1. The number of likely N-dealkylation sites (N-methyl/N-ethyl adjacent to an activating group) is 1. The fraction of sp³-hybridized carbons (Fsp3) is 0.433. The lowest BCUT2D eigenvalue weighted by Crippen LogP contribution is -2.56. The molecule has 4 aromatic rings. The topological polar surface area (TPSA) is 95.7 Å². The van der Waals surface area contributed by atoms with Gasteiger partial charge in [-0.15, -0.1) is 11.3 Å². The summed E-state index contributed by atoms with van der Waals surface area (Å²) in [6.07, 6.45) is 6.65. The Kier molecular flexibility index (Phi) is 8.56. The van der Waals surface area contributed by atoms with Gasteiger partial charge in [-0.25, -0.2) is 14.5 Å². The van der Waals surface area contributed by atoms with Crippen LogP contribution in [0.25, 0.3) is 27.5 Å². The molecule has 5 rings (SSSR count). The van der Waals surface area contributed by atoms with Crippen LogP contribution in [-0.4, -0.2) is 74.9 Å². The van der Waals surface area contributed by atoms with Crippen LogP contribution >= 0.6 is 11.3 Å². The quantitative estimate of drug-likeness (QED) is 0.246. The molecule has 2 atom stereocenters. The van der Waals surface area contributed by atoms with Crippen LogP contribution in [0, 0.1) is 0 Å². The van der Waals surface area contributed by atoms with E-state index < -0.39 is 0 Å². The van der Waals surface area contributed by atoms with Crippen LogP contribution < -0.4 is 10.2 Å². The third kappa shape index (κ3) is 5.51. The normalized spacial score (nSPS) is 15.8. The number of anilines is 1. The summed E-state index contributed by atoms with van der Waals surface area (Å²) < 4.78 is 1.73. The minimum Gasteiger partial charge on any atom is -0.357 e. The third-order valence-corrected chi connectivity index (χ3v) is 8.81. The zero-order valence-electron chi connectivity index (χ0n) is 23.6. The van der Waals surface area contributed by atoms with Crippen LogP contribution in [0.5, 0.6) is 0 Å². The van der Waals surface area contributed by atoms with Crippen LogP contribution in [0.2, 0.25) is 0 Å². The molecule has 10 heteroatoms. The molecule has 0 unspecified atom stereocenters. The van der Waals surface area contributed by atoms with Gasteiger partial charge in [0.1, 0.15) is 11.9 Å². The number of fused-ring (bicyclic) bond motifs is 1. The van der Waals surface area contributed by atoms with E-state index in [1.165, 1.54) is 0 Å². The Labute approximate surface area is 239 Å². The monoisotopic (exact) mass is 559 g/mol. The first-order chi connectivity index (χ1) is 19.5. The summed E-state index contributed by atoms with van der Waals surface area (Å²) in [6.45, 7) is 9.16. The number of carbonyl (C=O) groups is 2. The zero-order chi connectivity index (χ0) is 28.2. The molecule has 1 fully saturated rings. The van der Waals surface area contributed by atoms with Crippen molar-refractivity contribution in [3.05, 3.63) is 53.7 Å². The average Bonchev–Trinajstić information content (AvgIpc) is 3.64. The number of Topliss-reactive ketones (excluding diaryl/α,β-unsaturated/α-hetero) is 1. The summed E-state index contributed by atoms with van der Waals surface area (Å²) in [7, 11) is 1.65. The fourth-order valence-electron chi connectivity index (χ4n) is 5.50. The van der Waals surface area contributed by atoms with Gasteiger partial charge in [-0.05, 0) is 62.0 Å². The molecule has 0 bridgehead atoms. The number of nitrogens with one attached hydrogen (secondary N) is 1. The summed E-state index contributed by atoms with van der Waals surface area (Å²) in [5, 5.41) is 9.29. The number of aromatic nitrogens is 4. The Morgan fingerprint density at radius 3 is 2.62 bits per heavy atom. The van der Waals surface area contributed by atoms with Crippen LogP contribution in [0.4, 0.5) is 5.82 Å². The van der Waals surface area contributed by atoms with E-state index in [1.807, 2.05) is 46.8 Å². The molecular weight excluding hydrogens is 522 g/mol. The van der Waals surface area contributed by atoms with Crippen molar-refractivity contribution in [1.82, 2.24) is 29.8 Å². The van der Waals surface area contributed by atoms with E-state index in [0.29, 0.717) is 41.7 Å². The fourth-order valence-corrected chi connectivity index (χ4v) is 6.20. The Bertz CT molecular complexity index is 1480. The second kappa shape index (κ2) is 12.3. The minimum atomic E-state index is -0.296. The first-order valence-corrected chi connectivity index (χ1v) is 15.0. The van der Waals surface area contributed by atoms with Gasteiger partial charge >= 0.3 is 0 Å². The molecule has 1 saturated heterocycles. The number of nitrogens with zero attached hydrogens (tertiary/aromatic N) is 6. The maximum absolute atomic E-state index is 13.6. The highest BCUT2D eigenvalue weighted by atomic mass is 32.1. The molecule has 4 aromatic heterocycles. The highest BCUT2D eigenvalue weighted by molar-refractivity contribution is 7.13. The first kappa shape index (κ1) is 27.9. The molecule has 0 spiro atoms. The lowest BCUT2D eigenvalue weighted by Gasteiger charge is -2.40. The van der Waals surface area contributed by atoms with Crippen molar-refractivity contribution in [3.63, 3.8) is 0 Å². The van der Waals surface area contributed by atoms with E-state index in [1.54, 1.807) is 29.1 Å². The van der Waals surface area contributed by atoms with Crippen molar-refractivity contribution in [2.75, 3.05) is 31.6 Å². The summed E-state index contributed by atoms with van der Waals surface area (Å²) in [4.78, 5) is 41.4. The molecule has 9 nitrogen and oxygen atoms in total. The standard InChI is InChI=1S/C30H37N7O2S/c1-5-21(35(6-2)7-3)10-11-26(38)20-17-24(33-28(18-20)36-14-13-25(36)30(39)31-4)22-19-32-37-15-12-23(34-29(22)37)27-9-8-16-40-27/h8-9,12,15-19,21,25H,5-7,10-11,13-14H2,1-4H3,(H,31,39)/t21-,25+/m1/s1. The molecular formula is C30H37N7O2S. The van der Waals surface area contributed by atoms with Crippen molar-refractivity contribution >= 4 is 34.5 Å². The summed E-state index contributed by atoms with van der Waals surface area (Å²) in [5.41, 5.74) is 3.52. The van der Waals surface area contributed by atoms with Crippen LogP contribution in [0.1, 0.15) is 56.8 Å². The Morgan fingerprint density at radius 1 is 1.15 bits per heavy atom. The number of pyridine rings is 1. The lowest BCUT2D eigenvalue weighted by atomic mass is 9.98. The predicted molar refractivity (Wildman–Crippen MR) is 160 cm³/mol. The summed E-state index contributed by atoms with van der Waals surface area (Å²) >= 11 is 1.63. The molecule has 0 radical (unpaired) electrons. The van der Waals surface area contributed by atoms with Gasteiger partial charge in [0, 0.05) is 37.8 Å². The first-order valence-electron chi connectivity index (χ1n) is 14.1. The van der Waals surface area contributed by atoms with Gasteiger partial charge in [0.2, 0.25) is 5.91 Å². The third-order valence-electron chi connectivity index (χ3n) is 7.92. The van der Waals surface area contributed by atoms with Gasteiger partial charge in [-0.1, -0.05) is 26.8 Å². The molecule has 0 aliphatic carbocycles. The molecule has 1 aliphatic heterocycles. The molecule has 210 valence electrons. The van der Waals surface area contributed by atoms with E-state index in [-0.39, 0.29) is 17.7 Å². The molecule has 5 heterocycles. The molecule has 1 aliphatic rings. The number of thiophene rings is 1. The van der Waals surface area contributed by atoms with Crippen LogP contribution in [-0.2, 0) is 4.79 Å². The van der Waals surface area contributed by atoms with Crippen molar-refractivity contribution < 1.29 is 9.59 Å². The Balaban J connectivity index is 1.52. The second-order valence-electron chi connectivity index (χ2n) is 10.1. The highest BCUT2D eigenvalue weighted by Gasteiger charge is 2.35. The number of carbonyl (C=O) groups excluding carboxylic acids is 2. The van der Waals surface area contributed by atoms with E-state index in [9.17, 15) is 9.59 Å². The smallest absolute Gasteiger partial charge is 0.242 e. The number of amides is 1. The van der Waals surface area contributed by atoms with E-state index >= 15 is 0 Å². The highest BCUT2D eigenvalue weighted by Crippen LogP contribution is 2.32. The van der Waals surface area contributed by atoms with Crippen molar-refractivity contribution in [1.29, 1.82) is 0 Å². The Hall–Kier alpha value is -3.63. The van der Waals surface area contributed by atoms with Crippen LogP contribution in [0.3, 0.4) is 0 Å². The average molecular weight is 560 g/mol. The number of hydrogen-bond donors (Lipinski definition) is 1. The predicted octanol–water partition coefficient (Wildman–Crippen LogP) is 4.93. The maximum Gasteiger partial charge on any atom is 0.242 e. The van der Waals surface area contributed by atoms with Gasteiger partial charge in [0.15, 0.2) is 11.4 Å². The van der Waals surface area contributed by atoms with Gasteiger partial charge < -0.3 is 15.1 Å². The van der Waals surface area contributed by atoms with Gasteiger partial charge in [0.05, 0.1) is 28.0 Å². The number of rotatable bonds is 12. The minimum absolute atomic E-state index is 0.0467. The molecule has 1 amide bonds. The Morgan fingerprint density at radius 2 is 1.98 bits per heavy atom. The van der Waals surface area contributed by atoms with E-state index in [2.05, 4.69) is 36.1 Å². The van der Waals surface area contributed by atoms with Crippen molar-refractivity contribution in [2.45, 2.75) is 58.5 Å². The molecule has 1 N–H and O–H groups in total. The largest absolute Gasteiger partial charge is 0.357 e. The van der Waals surface area contributed by atoms with Crippen molar-refractivity contribution in [3.8, 4) is 21.8 Å².